The molecule has 2 atom stereocenters. The zero-order chi connectivity index (χ0) is 11.4. The van der Waals surface area contributed by atoms with E-state index in [2.05, 4.69) is 11.8 Å². The minimum atomic E-state index is 0.380. The van der Waals surface area contributed by atoms with E-state index in [1.807, 2.05) is 0 Å². The maximum Gasteiger partial charge on any atom is 0.0433 e. The molecule has 1 heterocycles. The average molecular weight is 225 g/mol. The van der Waals surface area contributed by atoms with Crippen LogP contribution in [0.4, 0.5) is 0 Å². The summed E-state index contributed by atoms with van der Waals surface area (Å²) >= 11 is 0. The summed E-state index contributed by atoms with van der Waals surface area (Å²) in [5.41, 5.74) is 0. The van der Waals surface area contributed by atoms with Crippen LogP contribution in [0.15, 0.2) is 0 Å². The molecule has 0 amide bonds. The van der Waals surface area contributed by atoms with Crippen LogP contribution < -0.4 is 0 Å². The number of hydrogen-bond donors (Lipinski definition) is 1. The van der Waals surface area contributed by atoms with E-state index in [4.69, 9.17) is 5.11 Å². The Morgan fingerprint density at radius 3 is 2.50 bits per heavy atom. The van der Waals surface area contributed by atoms with Crippen molar-refractivity contribution in [1.82, 2.24) is 4.90 Å². The third-order valence-corrected chi connectivity index (χ3v) is 4.61. The first-order chi connectivity index (χ1) is 7.79. The van der Waals surface area contributed by atoms with Gasteiger partial charge in [-0.05, 0) is 57.0 Å². The number of nitrogens with zero attached hydrogens (tertiary/aromatic N) is 1. The van der Waals surface area contributed by atoms with Crippen LogP contribution in [0.3, 0.4) is 0 Å². The van der Waals surface area contributed by atoms with Gasteiger partial charge in [-0.1, -0.05) is 19.8 Å². The van der Waals surface area contributed by atoms with Gasteiger partial charge in [0, 0.05) is 12.6 Å². The van der Waals surface area contributed by atoms with Gasteiger partial charge in [0.15, 0.2) is 0 Å². The summed E-state index contributed by atoms with van der Waals surface area (Å²) in [5, 5.41) is 8.95. The highest BCUT2D eigenvalue weighted by Gasteiger charge is 2.27. The molecular formula is C14H27NO. The molecule has 2 nitrogen and oxygen atoms in total. The molecule has 94 valence electrons. The van der Waals surface area contributed by atoms with Crippen molar-refractivity contribution in [3.05, 3.63) is 0 Å². The summed E-state index contributed by atoms with van der Waals surface area (Å²) in [6.07, 6.45) is 9.37. The molecule has 16 heavy (non-hydrogen) atoms. The van der Waals surface area contributed by atoms with Crippen LogP contribution in [0, 0.1) is 11.8 Å². The van der Waals surface area contributed by atoms with Crippen molar-refractivity contribution in [3.63, 3.8) is 0 Å². The summed E-state index contributed by atoms with van der Waals surface area (Å²) in [5.74, 6) is 1.73. The first kappa shape index (κ1) is 12.4. The van der Waals surface area contributed by atoms with Gasteiger partial charge in [-0.3, -0.25) is 0 Å². The largest absolute Gasteiger partial charge is 0.396 e. The monoisotopic (exact) mass is 225 g/mol. The van der Waals surface area contributed by atoms with E-state index in [1.54, 1.807) is 0 Å². The van der Waals surface area contributed by atoms with E-state index < -0.39 is 0 Å². The molecule has 2 heteroatoms. The van der Waals surface area contributed by atoms with Crippen LogP contribution in [0.25, 0.3) is 0 Å². The molecule has 2 rings (SSSR count). The molecule has 0 unspecified atom stereocenters. The van der Waals surface area contributed by atoms with Crippen LogP contribution in [0.5, 0.6) is 0 Å². The fourth-order valence-electron chi connectivity index (χ4n) is 3.52. The molecule has 0 aromatic heterocycles. The lowest BCUT2D eigenvalue weighted by Gasteiger charge is -2.40. The third-order valence-electron chi connectivity index (χ3n) is 4.61. The number of piperidine rings is 1. The third kappa shape index (κ3) is 3.21. The predicted molar refractivity (Wildman–Crippen MR) is 67.4 cm³/mol. The lowest BCUT2D eigenvalue weighted by atomic mass is 9.84. The first-order valence-corrected chi connectivity index (χ1v) is 7.14. The normalized spacial score (nSPS) is 34.1. The topological polar surface area (TPSA) is 23.5 Å². The van der Waals surface area contributed by atoms with Crippen molar-refractivity contribution in [2.45, 2.75) is 57.9 Å². The molecule has 0 radical (unpaired) electrons. The van der Waals surface area contributed by atoms with Crippen molar-refractivity contribution in [1.29, 1.82) is 0 Å². The SMILES string of the molecule is C[C@H]1CCC[C@@H](N2CCC(CCO)CC2)C1. The van der Waals surface area contributed by atoms with Crippen molar-refractivity contribution in [2.75, 3.05) is 19.7 Å². The van der Waals surface area contributed by atoms with Gasteiger partial charge < -0.3 is 10.0 Å². The van der Waals surface area contributed by atoms with Crippen molar-refractivity contribution < 1.29 is 5.11 Å². The quantitative estimate of drug-likeness (QED) is 0.798. The number of likely N-dealkylation sites (tertiary alicyclic amines) is 1. The van der Waals surface area contributed by atoms with Crippen LogP contribution in [0.2, 0.25) is 0 Å². The fraction of sp³-hybridized carbons (Fsp3) is 1.00. The van der Waals surface area contributed by atoms with Gasteiger partial charge in [-0.15, -0.1) is 0 Å². The van der Waals surface area contributed by atoms with Gasteiger partial charge in [0.1, 0.15) is 0 Å². The zero-order valence-electron chi connectivity index (χ0n) is 10.7. The number of aliphatic hydroxyl groups is 1. The lowest BCUT2D eigenvalue weighted by Crippen LogP contribution is -2.43. The molecule has 1 aliphatic heterocycles. The second-order valence-electron chi connectivity index (χ2n) is 5.92. The number of hydrogen-bond acceptors (Lipinski definition) is 2. The molecule has 0 aromatic carbocycles. The van der Waals surface area contributed by atoms with Crippen LogP contribution in [-0.4, -0.2) is 35.7 Å². The van der Waals surface area contributed by atoms with Gasteiger partial charge in [0.25, 0.3) is 0 Å². The van der Waals surface area contributed by atoms with E-state index in [1.165, 1.54) is 51.6 Å². The predicted octanol–water partition coefficient (Wildman–Crippen LogP) is 2.66. The number of rotatable bonds is 3. The van der Waals surface area contributed by atoms with Crippen LogP contribution in [-0.2, 0) is 0 Å². The van der Waals surface area contributed by atoms with E-state index in [0.717, 1.165) is 24.3 Å². The smallest absolute Gasteiger partial charge is 0.0433 e. The molecule has 0 aromatic rings. The molecule has 0 spiro atoms. The zero-order valence-corrected chi connectivity index (χ0v) is 10.7. The second kappa shape index (κ2) is 6.02. The Kier molecular flexibility index (Phi) is 4.66. The van der Waals surface area contributed by atoms with Gasteiger partial charge >= 0.3 is 0 Å². The van der Waals surface area contributed by atoms with Gasteiger partial charge in [-0.25, -0.2) is 0 Å². The van der Waals surface area contributed by atoms with Gasteiger partial charge in [-0.2, -0.15) is 0 Å². The standard InChI is InChI=1S/C14H27NO/c1-12-3-2-4-14(11-12)15-8-5-13(6-9-15)7-10-16/h12-14,16H,2-11H2,1H3/t12-,14+/m0/s1. The van der Waals surface area contributed by atoms with E-state index in [9.17, 15) is 0 Å². The fourth-order valence-corrected chi connectivity index (χ4v) is 3.52. The van der Waals surface area contributed by atoms with E-state index >= 15 is 0 Å². The second-order valence-corrected chi connectivity index (χ2v) is 5.92. The molecule has 0 bridgehead atoms. The molecule has 1 saturated heterocycles. The van der Waals surface area contributed by atoms with Gasteiger partial charge in [0.05, 0.1) is 0 Å². The van der Waals surface area contributed by atoms with Gasteiger partial charge in [0.2, 0.25) is 0 Å². The summed E-state index contributed by atoms with van der Waals surface area (Å²) in [4.78, 5) is 2.73. The highest BCUT2D eigenvalue weighted by Crippen LogP contribution is 2.30. The molecular weight excluding hydrogens is 198 g/mol. The number of aliphatic hydroxyl groups excluding tert-OH is 1. The minimum absolute atomic E-state index is 0.380. The van der Waals surface area contributed by atoms with Crippen LogP contribution in [0.1, 0.15) is 51.9 Å². The lowest BCUT2D eigenvalue weighted by molar-refractivity contribution is 0.0854. The Labute approximate surface area is 100 Å². The highest BCUT2D eigenvalue weighted by molar-refractivity contribution is 4.82. The van der Waals surface area contributed by atoms with Crippen molar-refractivity contribution >= 4 is 0 Å². The molecule has 2 fully saturated rings. The Morgan fingerprint density at radius 1 is 1.12 bits per heavy atom. The summed E-state index contributed by atoms with van der Waals surface area (Å²) < 4.78 is 0. The van der Waals surface area contributed by atoms with Crippen molar-refractivity contribution in [2.24, 2.45) is 11.8 Å². The molecule has 2 aliphatic rings. The molecule has 1 aliphatic carbocycles. The van der Waals surface area contributed by atoms with E-state index in [-0.39, 0.29) is 0 Å². The minimum Gasteiger partial charge on any atom is -0.396 e. The average Bonchev–Trinajstić information content (AvgIpc) is 2.30. The Balaban J connectivity index is 1.75. The van der Waals surface area contributed by atoms with Crippen LogP contribution >= 0.6 is 0 Å². The molecule has 1 saturated carbocycles. The molecule has 1 N–H and O–H groups in total. The Hall–Kier alpha value is -0.0800. The maximum absolute atomic E-state index is 8.95. The highest BCUT2D eigenvalue weighted by atomic mass is 16.3. The Bertz CT molecular complexity index is 199. The summed E-state index contributed by atoms with van der Waals surface area (Å²) in [7, 11) is 0. The maximum atomic E-state index is 8.95. The first-order valence-electron chi connectivity index (χ1n) is 7.14. The summed E-state index contributed by atoms with van der Waals surface area (Å²) in [6, 6.07) is 0.874. The Morgan fingerprint density at radius 2 is 1.88 bits per heavy atom. The summed E-state index contributed by atoms with van der Waals surface area (Å²) in [6.45, 7) is 5.35. The van der Waals surface area contributed by atoms with E-state index in [0.29, 0.717) is 6.61 Å². The van der Waals surface area contributed by atoms with Crippen molar-refractivity contribution in [3.8, 4) is 0 Å².